The van der Waals surface area contributed by atoms with Crippen molar-refractivity contribution in [2.45, 2.75) is 88.3 Å². The van der Waals surface area contributed by atoms with E-state index < -0.39 is 23.5 Å². The van der Waals surface area contributed by atoms with Crippen LogP contribution in [-0.2, 0) is 32.7 Å². The number of nitrogens with zero attached hydrogens (tertiary/aromatic N) is 4. The fourth-order valence-corrected chi connectivity index (χ4v) is 5.91. The summed E-state index contributed by atoms with van der Waals surface area (Å²) in [5, 5.41) is 20.7. The number of unbranched alkanes of at least 4 members (excludes halogenated alkanes) is 1. The largest absolute Gasteiger partial charge is 0.480 e. The third-order valence-corrected chi connectivity index (χ3v) is 8.90. The lowest BCUT2D eigenvalue weighted by molar-refractivity contribution is -0.143. The van der Waals surface area contributed by atoms with Crippen molar-refractivity contribution in [1.29, 1.82) is 0 Å². The van der Waals surface area contributed by atoms with Crippen molar-refractivity contribution in [3.8, 4) is 0 Å². The summed E-state index contributed by atoms with van der Waals surface area (Å²) in [7, 11) is 0. The predicted octanol–water partition coefficient (Wildman–Crippen LogP) is 4.29. The van der Waals surface area contributed by atoms with E-state index in [4.69, 9.17) is 32.9 Å². The van der Waals surface area contributed by atoms with Crippen LogP contribution in [0, 0.1) is 0 Å². The molecule has 12 heteroatoms. The first-order chi connectivity index (χ1) is 19.7. The molecular formula is C29H40Cl2N6O4. The van der Waals surface area contributed by atoms with Gasteiger partial charge >= 0.3 is 5.97 Å². The van der Waals surface area contributed by atoms with Crippen LogP contribution >= 0.6 is 23.2 Å². The third-order valence-electron chi connectivity index (χ3n) is 8.45. The summed E-state index contributed by atoms with van der Waals surface area (Å²) in [5.41, 5.74) is 1.39. The Balaban J connectivity index is 1.13. The molecule has 5 rings (SSSR count). The van der Waals surface area contributed by atoms with Crippen molar-refractivity contribution in [2.75, 3.05) is 38.1 Å². The summed E-state index contributed by atoms with van der Waals surface area (Å²) in [6.45, 7) is 5.75. The number of carboxylic acids is 1. The average Bonchev–Trinajstić information content (AvgIpc) is 3.87. The molecule has 2 aromatic rings. The van der Waals surface area contributed by atoms with Gasteiger partial charge in [0.05, 0.1) is 12.2 Å². The number of nitrogens with one attached hydrogen (secondary N) is 2. The monoisotopic (exact) mass is 606 g/mol. The number of anilines is 1. The number of hydrogen-bond donors (Lipinski definition) is 3. The summed E-state index contributed by atoms with van der Waals surface area (Å²) in [4.78, 5) is 32.4. The lowest BCUT2D eigenvalue weighted by atomic mass is 10.1. The maximum atomic E-state index is 13.2. The van der Waals surface area contributed by atoms with Gasteiger partial charge in [0, 0.05) is 31.4 Å². The van der Waals surface area contributed by atoms with Crippen molar-refractivity contribution >= 4 is 40.9 Å². The molecule has 3 N–H and O–H groups in total. The van der Waals surface area contributed by atoms with Crippen LogP contribution in [0.25, 0.3) is 0 Å². The zero-order chi connectivity index (χ0) is 29.0. The fraction of sp³-hybridized carbons (Fsp3) is 0.655. The van der Waals surface area contributed by atoms with Crippen molar-refractivity contribution in [1.82, 2.24) is 25.0 Å². The van der Waals surface area contributed by atoms with Gasteiger partial charge in [-0.1, -0.05) is 29.3 Å². The SMILES string of the molecule is CC1(OCCN(CCCCc2ccc3c(n2)NCCC3)CC[C@H](NC(=O)C2(n3nc(Cl)cc3Cl)CC2)C(=O)O)CC1. The fourth-order valence-electron chi connectivity index (χ4n) is 5.37. The van der Waals surface area contributed by atoms with Gasteiger partial charge in [-0.15, -0.1) is 0 Å². The molecule has 2 aliphatic carbocycles. The first-order valence-electron chi connectivity index (χ1n) is 14.7. The van der Waals surface area contributed by atoms with Crippen LogP contribution in [0.1, 0.15) is 69.5 Å². The van der Waals surface area contributed by atoms with Gasteiger partial charge in [-0.25, -0.2) is 14.5 Å². The zero-order valence-electron chi connectivity index (χ0n) is 23.6. The van der Waals surface area contributed by atoms with Crippen molar-refractivity contribution in [3.63, 3.8) is 0 Å². The molecule has 2 saturated carbocycles. The molecule has 3 heterocycles. The summed E-state index contributed by atoms with van der Waals surface area (Å²) in [5.74, 6) is -0.434. The van der Waals surface area contributed by atoms with E-state index >= 15 is 0 Å². The zero-order valence-corrected chi connectivity index (χ0v) is 25.1. The van der Waals surface area contributed by atoms with Gasteiger partial charge in [0.15, 0.2) is 5.15 Å². The first-order valence-corrected chi connectivity index (χ1v) is 15.5. The van der Waals surface area contributed by atoms with Crippen molar-refractivity contribution in [2.24, 2.45) is 0 Å². The first kappa shape index (κ1) is 30.1. The molecule has 1 atom stereocenters. The van der Waals surface area contributed by atoms with Crippen LogP contribution < -0.4 is 10.6 Å². The van der Waals surface area contributed by atoms with E-state index in [1.54, 1.807) is 0 Å². The van der Waals surface area contributed by atoms with Gasteiger partial charge in [-0.05, 0) is 89.3 Å². The van der Waals surface area contributed by atoms with Crippen molar-refractivity contribution < 1.29 is 19.4 Å². The van der Waals surface area contributed by atoms with Crippen LogP contribution in [0.15, 0.2) is 18.2 Å². The number of pyridine rings is 1. The number of carboxylic acid groups (broad SMARTS) is 1. The van der Waals surface area contributed by atoms with Gasteiger partial charge in [0.2, 0.25) is 5.91 Å². The Bertz CT molecular complexity index is 1250. The number of aryl methyl sites for hydroxylation is 2. The van der Waals surface area contributed by atoms with E-state index in [1.165, 1.54) is 16.3 Å². The minimum Gasteiger partial charge on any atom is -0.480 e. The smallest absolute Gasteiger partial charge is 0.326 e. The minimum atomic E-state index is -1.06. The molecule has 0 saturated heterocycles. The number of rotatable bonds is 16. The quantitative estimate of drug-likeness (QED) is 0.242. The standard InChI is InChI=1S/C29H40Cl2N6O4/c1-28(10-11-28)41-18-17-36(15-3-2-6-21-8-7-20-5-4-14-32-25(20)33-21)16-9-22(26(38)39)34-27(40)29(12-13-29)37-24(31)19-23(30)35-37/h7-8,19,22H,2-6,9-18H2,1H3,(H,32,33)(H,34,40)(H,38,39)/t22-/m0/s1. The molecule has 1 aliphatic heterocycles. The molecule has 41 heavy (non-hydrogen) atoms. The Morgan fingerprint density at radius 3 is 2.68 bits per heavy atom. The Kier molecular flexibility index (Phi) is 9.43. The van der Waals surface area contributed by atoms with E-state index in [0.717, 1.165) is 69.5 Å². The highest BCUT2D eigenvalue weighted by atomic mass is 35.5. The number of fused-ring (bicyclic) bond motifs is 1. The number of aromatic nitrogens is 3. The van der Waals surface area contributed by atoms with Gasteiger partial charge in [0.1, 0.15) is 22.6 Å². The van der Waals surface area contributed by atoms with E-state index in [-0.39, 0.29) is 22.3 Å². The molecular weight excluding hydrogens is 567 g/mol. The average molecular weight is 608 g/mol. The number of hydrogen-bond acceptors (Lipinski definition) is 7. The Hall–Kier alpha value is -2.40. The van der Waals surface area contributed by atoms with Crippen LogP contribution in [0.3, 0.4) is 0 Å². The van der Waals surface area contributed by atoms with Gasteiger partial charge in [-0.2, -0.15) is 5.10 Å². The van der Waals surface area contributed by atoms with E-state index in [1.807, 2.05) is 0 Å². The Morgan fingerprint density at radius 1 is 1.20 bits per heavy atom. The second-order valence-electron chi connectivity index (χ2n) is 11.8. The van der Waals surface area contributed by atoms with Crippen LogP contribution in [0.5, 0.6) is 0 Å². The summed E-state index contributed by atoms with van der Waals surface area (Å²) in [6, 6.07) is 4.77. The highest BCUT2D eigenvalue weighted by Crippen LogP contribution is 2.45. The molecule has 2 aromatic heterocycles. The Labute approximate surface area is 251 Å². The van der Waals surface area contributed by atoms with Crippen LogP contribution in [0.4, 0.5) is 5.82 Å². The topological polar surface area (TPSA) is 122 Å². The lowest BCUT2D eigenvalue weighted by Gasteiger charge is -2.26. The van der Waals surface area contributed by atoms with Gasteiger partial charge in [-0.3, -0.25) is 4.79 Å². The van der Waals surface area contributed by atoms with Crippen molar-refractivity contribution in [3.05, 3.63) is 39.8 Å². The highest BCUT2D eigenvalue weighted by molar-refractivity contribution is 6.33. The number of halogens is 2. The Morgan fingerprint density at radius 2 is 2.00 bits per heavy atom. The molecule has 0 unspecified atom stereocenters. The molecule has 10 nitrogen and oxygen atoms in total. The number of ether oxygens (including phenoxy) is 1. The maximum absolute atomic E-state index is 13.2. The predicted molar refractivity (Wildman–Crippen MR) is 158 cm³/mol. The summed E-state index contributed by atoms with van der Waals surface area (Å²) in [6.07, 6.45) is 8.55. The number of carbonyl (C=O) groups excluding carboxylic acids is 1. The molecule has 0 aromatic carbocycles. The molecule has 0 spiro atoms. The van der Waals surface area contributed by atoms with Crippen LogP contribution in [-0.4, -0.2) is 81.1 Å². The van der Waals surface area contributed by atoms with E-state index in [0.29, 0.717) is 32.5 Å². The van der Waals surface area contributed by atoms with Crippen LogP contribution in [0.2, 0.25) is 10.3 Å². The summed E-state index contributed by atoms with van der Waals surface area (Å²) < 4.78 is 7.46. The van der Waals surface area contributed by atoms with E-state index in [9.17, 15) is 14.7 Å². The van der Waals surface area contributed by atoms with Gasteiger partial charge in [0.25, 0.3) is 0 Å². The molecule has 2 fully saturated rings. The maximum Gasteiger partial charge on any atom is 0.326 e. The highest BCUT2D eigenvalue weighted by Gasteiger charge is 2.54. The normalized spacial score (nSPS) is 18.8. The minimum absolute atomic E-state index is 0.00927. The molecule has 0 bridgehead atoms. The second kappa shape index (κ2) is 12.9. The number of carbonyl (C=O) groups is 2. The third kappa shape index (κ3) is 7.71. The molecule has 3 aliphatic rings. The number of aliphatic carboxylic acids is 1. The van der Waals surface area contributed by atoms with Gasteiger partial charge < -0.3 is 25.4 Å². The molecule has 224 valence electrons. The number of amides is 1. The lowest BCUT2D eigenvalue weighted by Crippen LogP contribution is -2.49. The molecule has 0 radical (unpaired) electrons. The molecule has 1 amide bonds. The van der Waals surface area contributed by atoms with E-state index in [2.05, 4.69) is 39.7 Å². The summed E-state index contributed by atoms with van der Waals surface area (Å²) >= 11 is 12.2. The second-order valence-corrected chi connectivity index (χ2v) is 12.6.